The minimum absolute atomic E-state index is 0.0945. The first-order valence-electron chi connectivity index (χ1n) is 6.59. The van der Waals surface area contributed by atoms with E-state index < -0.39 is 5.91 Å². The fourth-order valence-corrected chi connectivity index (χ4v) is 2.06. The Kier molecular flexibility index (Phi) is 5.01. The van der Waals surface area contributed by atoms with Crippen molar-refractivity contribution in [3.8, 4) is 5.75 Å². The highest BCUT2D eigenvalue weighted by atomic mass is 35.5. The number of halogens is 1. The van der Waals surface area contributed by atoms with Crippen LogP contribution in [0.3, 0.4) is 0 Å². The molecule has 22 heavy (non-hydrogen) atoms. The summed E-state index contributed by atoms with van der Waals surface area (Å²) in [6.45, 7) is 1.61. The number of phenolic OH excluding ortho intramolecular Hbond substituents is 1. The lowest BCUT2D eigenvalue weighted by molar-refractivity contribution is -0.115. The third kappa shape index (κ3) is 3.99. The lowest BCUT2D eigenvalue weighted by Gasteiger charge is -2.09. The van der Waals surface area contributed by atoms with Crippen LogP contribution in [0.1, 0.15) is 15.9 Å². The third-order valence-corrected chi connectivity index (χ3v) is 3.27. The molecule has 0 saturated carbocycles. The average Bonchev–Trinajstić information content (AvgIpc) is 2.49. The Bertz CT molecular complexity index is 716. The van der Waals surface area contributed by atoms with E-state index >= 15 is 0 Å². The van der Waals surface area contributed by atoms with Gasteiger partial charge in [0.2, 0.25) is 5.91 Å². The fourth-order valence-electron chi connectivity index (χ4n) is 1.89. The van der Waals surface area contributed by atoms with E-state index in [1.807, 2.05) is 19.1 Å². The molecular formula is C16H15ClN2O3. The van der Waals surface area contributed by atoms with Crippen LogP contribution >= 0.6 is 11.6 Å². The summed E-state index contributed by atoms with van der Waals surface area (Å²) >= 11 is 5.79. The van der Waals surface area contributed by atoms with E-state index in [9.17, 15) is 14.7 Å². The number of aryl methyl sites for hydroxylation is 1. The highest BCUT2D eigenvalue weighted by Gasteiger charge is 2.11. The van der Waals surface area contributed by atoms with Gasteiger partial charge in [-0.2, -0.15) is 0 Å². The van der Waals surface area contributed by atoms with Gasteiger partial charge >= 0.3 is 0 Å². The molecule has 0 atom stereocenters. The highest BCUT2D eigenvalue weighted by Crippen LogP contribution is 2.26. The van der Waals surface area contributed by atoms with E-state index in [4.69, 9.17) is 11.6 Å². The minimum atomic E-state index is -0.459. The maximum Gasteiger partial charge on any atom is 0.251 e. The number of benzene rings is 2. The zero-order chi connectivity index (χ0) is 16.1. The molecular weight excluding hydrogens is 304 g/mol. The fraction of sp³-hybridized carbons (Fsp3) is 0.125. The summed E-state index contributed by atoms with van der Waals surface area (Å²) in [6.07, 6.45) is 0. The number of anilines is 1. The van der Waals surface area contributed by atoms with Gasteiger partial charge in [-0.3, -0.25) is 9.59 Å². The summed E-state index contributed by atoms with van der Waals surface area (Å²) < 4.78 is 0. The second-order valence-corrected chi connectivity index (χ2v) is 5.14. The number of nitrogens with one attached hydrogen (secondary N) is 2. The van der Waals surface area contributed by atoms with Gasteiger partial charge in [0.15, 0.2) is 0 Å². The van der Waals surface area contributed by atoms with Gasteiger partial charge in [-0.05, 0) is 36.8 Å². The Balaban J connectivity index is 1.94. The standard InChI is InChI=1S/C16H15ClN2O3/c1-10-4-2-3-5-12(10)16(22)18-9-15(21)19-13-8-11(17)6-7-14(13)20/h2-8,20H,9H2,1H3,(H,18,22)(H,19,21). The van der Waals surface area contributed by atoms with Gasteiger partial charge in [0, 0.05) is 10.6 Å². The molecule has 0 spiro atoms. The predicted octanol–water partition coefficient (Wildman–Crippen LogP) is 2.72. The van der Waals surface area contributed by atoms with E-state index in [1.165, 1.54) is 18.2 Å². The van der Waals surface area contributed by atoms with Crippen LogP contribution in [0, 0.1) is 6.92 Å². The molecule has 5 nitrogen and oxygen atoms in total. The largest absolute Gasteiger partial charge is 0.506 e. The van der Waals surface area contributed by atoms with Crippen LogP contribution < -0.4 is 10.6 Å². The van der Waals surface area contributed by atoms with Crippen molar-refractivity contribution in [2.45, 2.75) is 6.92 Å². The second-order valence-electron chi connectivity index (χ2n) is 4.71. The number of hydrogen-bond donors (Lipinski definition) is 3. The van der Waals surface area contributed by atoms with Gasteiger partial charge in [-0.1, -0.05) is 29.8 Å². The molecule has 0 bridgehead atoms. The van der Waals surface area contributed by atoms with E-state index in [0.717, 1.165) is 5.56 Å². The Hall–Kier alpha value is -2.53. The van der Waals surface area contributed by atoms with Crippen LogP contribution in [0.4, 0.5) is 5.69 Å². The first-order chi connectivity index (χ1) is 10.5. The van der Waals surface area contributed by atoms with Crippen molar-refractivity contribution in [1.82, 2.24) is 5.32 Å². The molecule has 6 heteroatoms. The molecule has 0 aliphatic heterocycles. The summed E-state index contributed by atoms with van der Waals surface area (Å²) in [6, 6.07) is 11.4. The van der Waals surface area contributed by atoms with Crippen LogP contribution in [-0.2, 0) is 4.79 Å². The first-order valence-corrected chi connectivity index (χ1v) is 6.97. The molecule has 3 N–H and O–H groups in total. The maximum atomic E-state index is 12.0. The van der Waals surface area contributed by atoms with Crippen LogP contribution in [0.25, 0.3) is 0 Å². The van der Waals surface area contributed by atoms with Crippen molar-refractivity contribution in [2.24, 2.45) is 0 Å². The van der Waals surface area contributed by atoms with Crippen LogP contribution in [0.15, 0.2) is 42.5 Å². The molecule has 2 rings (SSSR count). The third-order valence-electron chi connectivity index (χ3n) is 3.03. The molecule has 0 saturated heterocycles. The van der Waals surface area contributed by atoms with Gasteiger partial charge < -0.3 is 15.7 Å². The quantitative estimate of drug-likeness (QED) is 0.758. The van der Waals surface area contributed by atoms with Gasteiger partial charge in [0.25, 0.3) is 5.91 Å². The number of carbonyl (C=O) groups excluding carboxylic acids is 2. The van der Waals surface area contributed by atoms with Gasteiger partial charge in [0.05, 0.1) is 12.2 Å². The summed E-state index contributed by atoms with van der Waals surface area (Å²) in [5.74, 6) is -0.883. The number of hydrogen-bond acceptors (Lipinski definition) is 3. The predicted molar refractivity (Wildman–Crippen MR) is 85.3 cm³/mol. The molecule has 2 aromatic carbocycles. The first kappa shape index (κ1) is 15.9. The zero-order valence-electron chi connectivity index (χ0n) is 11.9. The van der Waals surface area contributed by atoms with Gasteiger partial charge in [0.1, 0.15) is 5.75 Å². The van der Waals surface area contributed by atoms with Crippen LogP contribution in [0.2, 0.25) is 5.02 Å². The van der Waals surface area contributed by atoms with E-state index in [-0.39, 0.29) is 23.9 Å². The number of rotatable bonds is 4. The molecule has 0 heterocycles. The Morgan fingerprint density at radius 1 is 1.18 bits per heavy atom. The highest BCUT2D eigenvalue weighted by molar-refractivity contribution is 6.31. The van der Waals surface area contributed by atoms with E-state index in [0.29, 0.717) is 10.6 Å². The van der Waals surface area contributed by atoms with Crippen LogP contribution in [-0.4, -0.2) is 23.5 Å². The Labute approximate surface area is 132 Å². The topological polar surface area (TPSA) is 78.4 Å². The van der Waals surface area contributed by atoms with Crippen molar-refractivity contribution in [1.29, 1.82) is 0 Å². The number of aromatic hydroxyl groups is 1. The molecule has 0 aromatic heterocycles. The summed E-state index contributed by atoms with van der Waals surface area (Å²) in [5, 5.41) is 15.0. The number of amides is 2. The lowest BCUT2D eigenvalue weighted by atomic mass is 10.1. The molecule has 0 fully saturated rings. The monoisotopic (exact) mass is 318 g/mol. The number of carbonyl (C=O) groups is 2. The minimum Gasteiger partial charge on any atom is -0.506 e. The normalized spacial score (nSPS) is 10.1. The molecule has 2 amide bonds. The summed E-state index contributed by atoms with van der Waals surface area (Å²) in [7, 11) is 0. The van der Waals surface area contributed by atoms with Crippen molar-refractivity contribution in [3.05, 3.63) is 58.6 Å². The van der Waals surface area contributed by atoms with Crippen molar-refractivity contribution >= 4 is 29.1 Å². The van der Waals surface area contributed by atoms with Gasteiger partial charge in [-0.25, -0.2) is 0 Å². The van der Waals surface area contributed by atoms with Crippen LogP contribution in [0.5, 0.6) is 5.75 Å². The molecule has 2 aromatic rings. The van der Waals surface area contributed by atoms with Crippen molar-refractivity contribution < 1.29 is 14.7 Å². The summed E-state index contributed by atoms with van der Waals surface area (Å²) in [4.78, 5) is 23.8. The molecule has 0 unspecified atom stereocenters. The van der Waals surface area contributed by atoms with E-state index in [1.54, 1.807) is 12.1 Å². The Morgan fingerprint density at radius 2 is 1.91 bits per heavy atom. The summed E-state index contributed by atoms with van der Waals surface area (Å²) in [5.41, 5.74) is 1.54. The lowest BCUT2D eigenvalue weighted by Crippen LogP contribution is -2.33. The molecule has 0 aliphatic carbocycles. The van der Waals surface area contributed by atoms with Crippen molar-refractivity contribution in [2.75, 3.05) is 11.9 Å². The smallest absolute Gasteiger partial charge is 0.251 e. The zero-order valence-corrected chi connectivity index (χ0v) is 12.6. The average molecular weight is 319 g/mol. The second kappa shape index (κ2) is 6.95. The Morgan fingerprint density at radius 3 is 2.64 bits per heavy atom. The number of phenols is 1. The molecule has 0 radical (unpaired) electrons. The van der Waals surface area contributed by atoms with Crippen molar-refractivity contribution in [3.63, 3.8) is 0 Å². The van der Waals surface area contributed by atoms with Gasteiger partial charge in [-0.15, -0.1) is 0 Å². The molecule has 114 valence electrons. The maximum absolute atomic E-state index is 12.0. The SMILES string of the molecule is Cc1ccccc1C(=O)NCC(=O)Nc1cc(Cl)ccc1O. The van der Waals surface area contributed by atoms with E-state index in [2.05, 4.69) is 10.6 Å². The molecule has 0 aliphatic rings.